The maximum Gasteiger partial charge on any atom is 0.231 e. The van der Waals surface area contributed by atoms with Crippen LogP contribution in [-0.4, -0.2) is 11.8 Å². The maximum atomic E-state index is 5.46. The van der Waals surface area contributed by atoms with Crippen LogP contribution in [0.25, 0.3) is 12.2 Å². The van der Waals surface area contributed by atoms with Crippen LogP contribution >= 0.6 is 27.3 Å². The Morgan fingerprint density at radius 3 is 3.06 bits per heavy atom. The molecule has 3 rings (SSSR count). The third kappa shape index (κ3) is 2.08. The number of ether oxygens (including phenoxy) is 2. The van der Waals surface area contributed by atoms with Crippen LogP contribution in [-0.2, 0) is 0 Å². The molecule has 2 heterocycles. The number of halogens is 1. The lowest BCUT2D eigenvalue weighted by molar-refractivity contribution is 0.173. The first-order valence-electron chi connectivity index (χ1n) is 5.00. The van der Waals surface area contributed by atoms with Crippen molar-refractivity contribution in [2.45, 2.75) is 0 Å². The molecule has 86 valence electrons. The second-order valence-corrected chi connectivity index (χ2v) is 5.18. The Morgan fingerprint density at radius 1 is 1.29 bits per heavy atom. The van der Waals surface area contributed by atoms with E-state index in [2.05, 4.69) is 20.9 Å². The molecule has 1 aromatic carbocycles. The lowest BCUT2D eigenvalue weighted by Crippen LogP contribution is -1.93. The standard InChI is InChI=1S/C12H8BrNO2S/c13-9-2-3-10-12(16-7-15-10)8(9)1-4-11-14-5-6-17-11/h1-6H,7H2/b4-1+. The predicted molar refractivity (Wildman–Crippen MR) is 71.3 cm³/mol. The molecular formula is C12H8BrNO2S. The fourth-order valence-electron chi connectivity index (χ4n) is 1.60. The highest BCUT2D eigenvalue weighted by molar-refractivity contribution is 9.10. The van der Waals surface area contributed by atoms with Crippen molar-refractivity contribution >= 4 is 39.4 Å². The highest BCUT2D eigenvalue weighted by Gasteiger charge is 2.18. The molecule has 5 heteroatoms. The van der Waals surface area contributed by atoms with Gasteiger partial charge in [-0.2, -0.15) is 0 Å². The summed E-state index contributed by atoms with van der Waals surface area (Å²) in [5.74, 6) is 1.57. The Morgan fingerprint density at radius 2 is 2.24 bits per heavy atom. The molecule has 0 unspecified atom stereocenters. The van der Waals surface area contributed by atoms with E-state index in [1.807, 2.05) is 29.7 Å². The highest BCUT2D eigenvalue weighted by atomic mass is 79.9. The molecule has 3 nitrogen and oxygen atoms in total. The van der Waals surface area contributed by atoms with Crippen molar-refractivity contribution < 1.29 is 9.47 Å². The average Bonchev–Trinajstić information content (AvgIpc) is 2.97. The molecule has 0 radical (unpaired) electrons. The fraction of sp³-hybridized carbons (Fsp3) is 0.0833. The molecule has 0 fully saturated rings. The molecule has 1 aliphatic rings. The summed E-state index contributed by atoms with van der Waals surface area (Å²) in [5, 5.41) is 2.91. The van der Waals surface area contributed by atoms with Crippen molar-refractivity contribution in [1.29, 1.82) is 0 Å². The van der Waals surface area contributed by atoms with E-state index in [0.29, 0.717) is 0 Å². The van der Waals surface area contributed by atoms with Crippen molar-refractivity contribution in [1.82, 2.24) is 4.98 Å². The minimum Gasteiger partial charge on any atom is -0.454 e. The zero-order chi connectivity index (χ0) is 11.7. The number of aromatic nitrogens is 1. The first-order chi connectivity index (χ1) is 8.34. The molecular weight excluding hydrogens is 302 g/mol. The van der Waals surface area contributed by atoms with E-state index in [-0.39, 0.29) is 6.79 Å². The van der Waals surface area contributed by atoms with Crippen LogP contribution < -0.4 is 9.47 Å². The predicted octanol–water partition coefficient (Wildman–Crippen LogP) is 3.80. The summed E-state index contributed by atoms with van der Waals surface area (Å²) in [6, 6.07) is 3.85. The van der Waals surface area contributed by atoms with Gasteiger partial charge in [0.25, 0.3) is 0 Å². The number of benzene rings is 1. The largest absolute Gasteiger partial charge is 0.454 e. The lowest BCUT2D eigenvalue weighted by Gasteiger charge is -2.03. The SMILES string of the molecule is Brc1ccc2c(c1/C=C/c1nccs1)OCO2. The van der Waals surface area contributed by atoms with Crippen LogP contribution in [0.3, 0.4) is 0 Å². The van der Waals surface area contributed by atoms with Crippen molar-refractivity contribution in [3.63, 3.8) is 0 Å². The van der Waals surface area contributed by atoms with E-state index in [0.717, 1.165) is 26.5 Å². The Hall–Kier alpha value is -1.33. The average molecular weight is 310 g/mol. The smallest absolute Gasteiger partial charge is 0.231 e. The van der Waals surface area contributed by atoms with Gasteiger partial charge in [-0.05, 0) is 24.3 Å². The second kappa shape index (κ2) is 4.50. The molecule has 0 saturated heterocycles. The Bertz CT molecular complexity index is 566. The first-order valence-corrected chi connectivity index (χ1v) is 6.67. The molecule has 1 aliphatic heterocycles. The lowest BCUT2D eigenvalue weighted by atomic mass is 10.1. The number of hydrogen-bond acceptors (Lipinski definition) is 4. The van der Waals surface area contributed by atoms with Gasteiger partial charge >= 0.3 is 0 Å². The quantitative estimate of drug-likeness (QED) is 0.845. The van der Waals surface area contributed by atoms with Crippen molar-refractivity contribution in [3.05, 3.63) is 38.8 Å². The van der Waals surface area contributed by atoms with Gasteiger partial charge in [0.2, 0.25) is 6.79 Å². The van der Waals surface area contributed by atoms with Gasteiger partial charge in [0, 0.05) is 21.6 Å². The van der Waals surface area contributed by atoms with Gasteiger partial charge in [-0.1, -0.05) is 15.9 Å². The number of nitrogens with zero attached hydrogens (tertiary/aromatic N) is 1. The Labute approximate surface area is 111 Å². The van der Waals surface area contributed by atoms with Crippen molar-refractivity contribution in [3.8, 4) is 11.5 Å². The molecule has 0 aliphatic carbocycles. The van der Waals surface area contributed by atoms with E-state index < -0.39 is 0 Å². The second-order valence-electron chi connectivity index (χ2n) is 3.40. The summed E-state index contributed by atoms with van der Waals surface area (Å²) < 4.78 is 11.8. The van der Waals surface area contributed by atoms with Gasteiger partial charge in [0.15, 0.2) is 11.5 Å². The highest BCUT2D eigenvalue weighted by Crippen LogP contribution is 2.40. The Kier molecular flexibility index (Phi) is 2.86. The molecule has 0 saturated carbocycles. The zero-order valence-corrected chi connectivity index (χ0v) is 11.1. The van der Waals surface area contributed by atoms with Gasteiger partial charge in [-0.3, -0.25) is 0 Å². The van der Waals surface area contributed by atoms with E-state index >= 15 is 0 Å². The fourth-order valence-corrected chi connectivity index (χ4v) is 2.57. The van der Waals surface area contributed by atoms with Crippen molar-refractivity contribution in [2.24, 2.45) is 0 Å². The van der Waals surface area contributed by atoms with Gasteiger partial charge in [0.1, 0.15) is 5.01 Å². The van der Waals surface area contributed by atoms with Crippen LogP contribution in [0.5, 0.6) is 11.5 Å². The number of fused-ring (bicyclic) bond motifs is 1. The number of thiazole rings is 1. The molecule has 0 spiro atoms. The van der Waals surface area contributed by atoms with Crippen LogP contribution in [0.15, 0.2) is 28.2 Å². The summed E-state index contributed by atoms with van der Waals surface area (Å²) >= 11 is 5.11. The van der Waals surface area contributed by atoms with Crippen LogP contribution in [0.2, 0.25) is 0 Å². The zero-order valence-electron chi connectivity index (χ0n) is 8.72. The minimum absolute atomic E-state index is 0.282. The van der Waals surface area contributed by atoms with E-state index in [9.17, 15) is 0 Å². The molecule has 2 aromatic rings. The summed E-state index contributed by atoms with van der Waals surface area (Å²) in [5.41, 5.74) is 0.982. The molecule has 0 amide bonds. The maximum absolute atomic E-state index is 5.46. The topological polar surface area (TPSA) is 31.4 Å². The van der Waals surface area contributed by atoms with E-state index in [4.69, 9.17) is 9.47 Å². The van der Waals surface area contributed by atoms with Gasteiger partial charge in [0.05, 0.1) is 0 Å². The molecule has 1 aromatic heterocycles. The van der Waals surface area contributed by atoms with Crippen LogP contribution in [0, 0.1) is 0 Å². The third-order valence-electron chi connectivity index (χ3n) is 2.37. The summed E-state index contributed by atoms with van der Waals surface area (Å²) in [7, 11) is 0. The normalized spacial score (nSPS) is 13.5. The Balaban J connectivity index is 2.00. The van der Waals surface area contributed by atoms with Gasteiger partial charge in [-0.25, -0.2) is 4.98 Å². The van der Waals surface area contributed by atoms with E-state index in [1.165, 1.54) is 0 Å². The number of rotatable bonds is 2. The van der Waals surface area contributed by atoms with E-state index in [1.54, 1.807) is 17.5 Å². The molecule has 0 atom stereocenters. The summed E-state index contributed by atoms with van der Waals surface area (Å²) in [4.78, 5) is 4.20. The molecule has 17 heavy (non-hydrogen) atoms. The van der Waals surface area contributed by atoms with Crippen molar-refractivity contribution in [2.75, 3.05) is 6.79 Å². The minimum atomic E-state index is 0.282. The molecule has 0 bridgehead atoms. The summed E-state index contributed by atoms with van der Waals surface area (Å²) in [6.45, 7) is 0.282. The van der Waals surface area contributed by atoms with Crippen LogP contribution in [0.4, 0.5) is 0 Å². The third-order valence-corrected chi connectivity index (χ3v) is 3.80. The monoisotopic (exact) mass is 309 g/mol. The summed E-state index contributed by atoms with van der Waals surface area (Å²) in [6.07, 6.45) is 5.73. The van der Waals surface area contributed by atoms with Gasteiger partial charge < -0.3 is 9.47 Å². The van der Waals surface area contributed by atoms with Gasteiger partial charge in [-0.15, -0.1) is 11.3 Å². The first kappa shape index (κ1) is 10.8. The molecule has 0 N–H and O–H groups in total. The number of hydrogen-bond donors (Lipinski definition) is 0. The van der Waals surface area contributed by atoms with Crippen LogP contribution in [0.1, 0.15) is 10.6 Å².